The van der Waals surface area contributed by atoms with Gasteiger partial charge in [0, 0.05) is 23.2 Å². The number of H-pyrrole nitrogens is 1. The van der Waals surface area contributed by atoms with Gasteiger partial charge in [0.25, 0.3) is 0 Å². The molecular weight excluding hydrogens is 306 g/mol. The summed E-state index contributed by atoms with van der Waals surface area (Å²) in [5, 5.41) is 10.6. The Bertz CT molecular complexity index is 967. The molecule has 0 radical (unpaired) electrons. The quantitative estimate of drug-likeness (QED) is 0.486. The van der Waals surface area contributed by atoms with E-state index in [2.05, 4.69) is 79.3 Å². The van der Waals surface area contributed by atoms with Crippen LogP contribution in [0.2, 0.25) is 0 Å². The lowest BCUT2D eigenvalue weighted by molar-refractivity contribution is 0.868. The van der Waals surface area contributed by atoms with Crippen LogP contribution in [0.4, 0.5) is 0 Å². The summed E-state index contributed by atoms with van der Waals surface area (Å²) in [5.41, 5.74) is 3.85. The number of aromatic nitrogens is 3. The molecular formula is C22H25N3. The first kappa shape index (κ1) is 17.2. The zero-order valence-corrected chi connectivity index (χ0v) is 15.3. The summed E-state index contributed by atoms with van der Waals surface area (Å²) in [6.45, 7) is 8.80. The van der Waals surface area contributed by atoms with Crippen molar-refractivity contribution in [1.82, 2.24) is 15.2 Å². The number of aromatic amines is 1. The Kier molecular flexibility index (Phi) is 5.13. The number of hydrogen-bond donors (Lipinski definition) is 1. The lowest BCUT2D eigenvalue weighted by atomic mass is 10.0. The monoisotopic (exact) mass is 331 g/mol. The Morgan fingerprint density at radius 2 is 1.40 bits per heavy atom. The first-order chi connectivity index (χ1) is 12.0. The summed E-state index contributed by atoms with van der Waals surface area (Å²) in [7, 11) is 0. The topological polar surface area (TPSA) is 41.6 Å². The second kappa shape index (κ2) is 7.47. The van der Waals surface area contributed by atoms with Crippen LogP contribution in [-0.4, -0.2) is 15.2 Å². The molecule has 0 saturated carbocycles. The summed E-state index contributed by atoms with van der Waals surface area (Å²) >= 11 is 0. The van der Waals surface area contributed by atoms with Gasteiger partial charge >= 0.3 is 0 Å². The lowest BCUT2D eigenvalue weighted by Gasteiger charge is -2.05. The standard InChI is InChI=1S/C12H13N.C10H12N2/c1-9(2)11-4-3-10-5-6-13-8-12(10)7-11;1-7(2)8-3-4-10-9(5-8)6-11-12-10/h3-9H,1-2H3;3-7H,1-2H3,(H,11,12). The summed E-state index contributed by atoms with van der Waals surface area (Å²) in [6.07, 6.45) is 5.61. The molecule has 0 spiro atoms. The van der Waals surface area contributed by atoms with Crippen molar-refractivity contribution in [1.29, 1.82) is 0 Å². The number of rotatable bonds is 2. The van der Waals surface area contributed by atoms with Crippen molar-refractivity contribution in [2.45, 2.75) is 39.5 Å². The number of hydrogen-bond acceptors (Lipinski definition) is 2. The van der Waals surface area contributed by atoms with Crippen LogP contribution >= 0.6 is 0 Å². The zero-order chi connectivity index (χ0) is 17.8. The van der Waals surface area contributed by atoms with Crippen LogP contribution in [0.1, 0.15) is 50.7 Å². The Balaban J connectivity index is 0.000000146. The molecule has 0 aliphatic rings. The minimum Gasteiger partial charge on any atom is -0.278 e. The van der Waals surface area contributed by atoms with E-state index in [-0.39, 0.29) is 0 Å². The minimum absolute atomic E-state index is 0.587. The normalized spacial score (nSPS) is 11.1. The SMILES string of the molecule is CC(C)c1ccc2[nH]ncc2c1.CC(C)c1ccc2ccncc2c1. The van der Waals surface area contributed by atoms with E-state index in [1.54, 1.807) is 0 Å². The number of pyridine rings is 1. The third-order valence-electron chi connectivity index (χ3n) is 4.46. The van der Waals surface area contributed by atoms with Gasteiger partial charge in [0.2, 0.25) is 0 Å². The first-order valence-electron chi connectivity index (χ1n) is 8.81. The number of nitrogens with one attached hydrogen (secondary N) is 1. The second-order valence-corrected chi connectivity index (χ2v) is 7.01. The van der Waals surface area contributed by atoms with E-state index < -0.39 is 0 Å². The van der Waals surface area contributed by atoms with Gasteiger partial charge in [-0.2, -0.15) is 5.10 Å². The average molecular weight is 331 g/mol. The van der Waals surface area contributed by atoms with E-state index >= 15 is 0 Å². The summed E-state index contributed by atoms with van der Waals surface area (Å²) in [5.74, 6) is 1.17. The molecule has 25 heavy (non-hydrogen) atoms. The third kappa shape index (κ3) is 4.05. The summed E-state index contributed by atoms with van der Waals surface area (Å²) in [4.78, 5) is 4.11. The van der Waals surface area contributed by atoms with Gasteiger partial charge in [-0.1, -0.05) is 45.9 Å². The number of fused-ring (bicyclic) bond motifs is 2. The Hall–Kier alpha value is -2.68. The highest BCUT2D eigenvalue weighted by Crippen LogP contribution is 2.20. The van der Waals surface area contributed by atoms with Crippen LogP contribution < -0.4 is 0 Å². The van der Waals surface area contributed by atoms with Gasteiger partial charge in [0.1, 0.15) is 0 Å². The van der Waals surface area contributed by atoms with Crippen LogP contribution in [0, 0.1) is 0 Å². The molecule has 3 nitrogen and oxygen atoms in total. The van der Waals surface area contributed by atoms with Gasteiger partial charge in [-0.3, -0.25) is 10.1 Å². The van der Waals surface area contributed by atoms with Crippen LogP contribution in [0.15, 0.2) is 61.1 Å². The van der Waals surface area contributed by atoms with E-state index in [0.29, 0.717) is 11.8 Å². The summed E-state index contributed by atoms with van der Waals surface area (Å²) in [6, 6.07) is 15.0. The van der Waals surface area contributed by atoms with E-state index in [4.69, 9.17) is 0 Å². The first-order valence-corrected chi connectivity index (χ1v) is 8.81. The Labute approximate surface area is 149 Å². The van der Waals surface area contributed by atoms with Crippen LogP contribution in [0.3, 0.4) is 0 Å². The van der Waals surface area contributed by atoms with E-state index in [9.17, 15) is 0 Å². The van der Waals surface area contributed by atoms with Gasteiger partial charge in [0.15, 0.2) is 0 Å². The molecule has 0 aliphatic carbocycles. The molecule has 0 fully saturated rings. The maximum Gasteiger partial charge on any atom is 0.0650 e. The van der Waals surface area contributed by atoms with Gasteiger partial charge < -0.3 is 0 Å². The van der Waals surface area contributed by atoms with Gasteiger partial charge in [0.05, 0.1) is 11.7 Å². The maximum absolute atomic E-state index is 4.11. The molecule has 0 aliphatic heterocycles. The fourth-order valence-electron chi connectivity index (χ4n) is 2.78. The molecule has 2 heterocycles. The number of nitrogens with zero attached hydrogens (tertiary/aromatic N) is 2. The van der Waals surface area contributed by atoms with Crippen molar-refractivity contribution < 1.29 is 0 Å². The van der Waals surface area contributed by atoms with Crippen LogP contribution in [-0.2, 0) is 0 Å². The van der Waals surface area contributed by atoms with E-state index in [1.165, 1.54) is 27.3 Å². The lowest BCUT2D eigenvalue weighted by Crippen LogP contribution is -1.86. The largest absolute Gasteiger partial charge is 0.278 e. The molecule has 0 bridgehead atoms. The van der Waals surface area contributed by atoms with Gasteiger partial charge in [-0.05, 0) is 52.6 Å². The molecule has 0 amide bonds. The van der Waals surface area contributed by atoms with Crippen molar-refractivity contribution >= 4 is 21.7 Å². The Morgan fingerprint density at radius 3 is 2.12 bits per heavy atom. The second-order valence-electron chi connectivity index (χ2n) is 7.01. The van der Waals surface area contributed by atoms with Crippen LogP contribution in [0.25, 0.3) is 21.7 Å². The molecule has 2 aromatic carbocycles. The molecule has 2 aromatic heterocycles. The third-order valence-corrected chi connectivity index (χ3v) is 4.46. The molecule has 4 rings (SSSR count). The maximum atomic E-state index is 4.11. The van der Waals surface area contributed by atoms with Crippen molar-refractivity contribution in [3.63, 3.8) is 0 Å². The van der Waals surface area contributed by atoms with Crippen LogP contribution in [0.5, 0.6) is 0 Å². The molecule has 0 unspecified atom stereocenters. The molecule has 1 N–H and O–H groups in total. The van der Waals surface area contributed by atoms with Gasteiger partial charge in [-0.15, -0.1) is 0 Å². The molecule has 4 aromatic rings. The molecule has 0 atom stereocenters. The highest BCUT2D eigenvalue weighted by molar-refractivity contribution is 5.82. The van der Waals surface area contributed by atoms with Crippen molar-refractivity contribution in [2.75, 3.05) is 0 Å². The smallest absolute Gasteiger partial charge is 0.0650 e. The highest BCUT2D eigenvalue weighted by atomic mass is 15.1. The average Bonchev–Trinajstić information content (AvgIpc) is 3.09. The molecule has 3 heteroatoms. The predicted molar refractivity (Wildman–Crippen MR) is 106 cm³/mol. The fraction of sp³-hybridized carbons (Fsp3) is 0.273. The molecule has 128 valence electrons. The highest BCUT2D eigenvalue weighted by Gasteiger charge is 2.01. The predicted octanol–water partition coefficient (Wildman–Crippen LogP) is 6.04. The number of benzene rings is 2. The van der Waals surface area contributed by atoms with Crippen molar-refractivity contribution in [2.24, 2.45) is 0 Å². The summed E-state index contributed by atoms with van der Waals surface area (Å²) < 4.78 is 0. The minimum atomic E-state index is 0.587. The molecule has 0 saturated heterocycles. The van der Waals surface area contributed by atoms with E-state index in [0.717, 1.165) is 5.52 Å². The van der Waals surface area contributed by atoms with E-state index in [1.807, 2.05) is 24.7 Å². The van der Waals surface area contributed by atoms with Gasteiger partial charge in [-0.25, -0.2) is 0 Å². The Morgan fingerprint density at radius 1 is 0.720 bits per heavy atom. The van der Waals surface area contributed by atoms with Crippen molar-refractivity contribution in [3.05, 3.63) is 72.2 Å². The fourth-order valence-corrected chi connectivity index (χ4v) is 2.78. The zero-order valence-electron chi connectivity index (χ0n) is 15.3. The van der Waals surface area contributed by atoms with Crippen molar-refractivity contribution in [3.8, 4) is 0 Å².